The number of anilines is 1. The summed E-state index contributed by atoms with van der Waals surface area (Å²) in [6.45, 7) is 6.94. The molecular formula is C15H26N4O3. The van der Waals surface area contributed by atoms with Gasteiger partial charge in [-0.15, -0.1) is 0 Å². The Balaban J connectivity index is 2.96. The number of ether oxygens (including phenoxy) is 1. The van der Waals surface area contributed by atoms with Gasteiger partial charge in [-0.3, -0.25) is 10.1 Å². The zero-order chi connectivity index (χ0) is 16.4. The van der Waals surface area contributed by atoms with E-state index < -0.39 is 4.92 Å². The maximum absolute atomic E-state index is 11.3. The minimum atomic E-state index is -0.477. The van der Waals surface area contributed by atoms with Gasteiger partial charge in [0.05, 0.1) is 11.5 Å². The fourth-order valence-electron chi connectivity index (χ4n) is 2.10. The minimum absolute atomic E-state index is 0.0574. The van der Waals surface area contributed by atoms with Crippen LogP contribution in [-0.2, 0) is 6.42 Å². The predicted octanol–water partition coefficient (Wildman–Crippen LogP) is 3.73. The quantitative estimate of drug-likeness (QED) is 0.380. The number of aryl methyl sites for hydroxylation is 1. The molecule has 0 aromatic carbocycles. The van der Waals surface area contributed by atoms with Crippen molar-refractivity contribution in [3.63, 3.8) is 0 Å². The molecule has 1 rings (SSSR count). The molecule has 0 aliphatic carbocycles. The molecule has 22 heavy (non-hydrogen) atoms. The lowest BCUT2D eigenvalue weighted by atomic mass is 10.2. The summed E-state index contributed by atoms with van der Waals surface area (Å²) < 4.78 is 5.34. The van der Waals surface area contributed by atoms with Crippen molar-refractivity contribution >= 4 is 11.5 Å². The van der Waals surface area contributed by atoms with Gasteiger partial charge in [-0.1, -0.05) is 33.1 Å². The third-order valence-electron chi connectivity index (χ3n) is 3.16. The fourth-order valence-corrected chi connectivity index (χ4v) is 2.10. The molecule has 1 N–H and O–H groups in total. The highest BCUT2D eigenvalue weighted by atomic mass is 16.6. The van der Waals surface area contributed by atoms with Gasteiger partial charge in [0, 0.05) is 13.0 Å². The van der Waals surface area contributed by atoms with E-state index in [-0.39, 0.29) is 17.4 Å². The first-order valence-electron chi connectivity index (χ1n) is 8.05. The molecule has 0 aliphatic heterocycles. The Kier molecular flexibility index (Phi) is 8.17. The Bertz CT molecular complexity index is 480. The molecule has 0 saturated carbocycles. The number of nitrogens with one attached hydrogen (secondary N) is 1. The topological polar surface area (TPSA) is 90.2 Å². The first kappa shape index (κ1) is 18.1. The molecule has 1 aromatic rings. The van der Waals surface area contributed by atoms with Crippen molar-refractivity contribution < 1.29 is 9.66 Å². The number of rotatable bonds is 11. The molecule has 124 valence electrons. The summed E-state index contributed by atoms with van der Waals surface area (Å²) in [5.74, 6) is 0.901. The standard InChI is InChI=1S/C15H26N4O3/c1-4-7-8-9-11-16-14-13(19(20)21)15(22-6-3)18-12(17-14)10-5-2/h4-11H2,1-3H3,(H,16,17,18). The van der Waals surface area contributed by atoms with E-state index in [4.69, 9.17) is 4.74 Å². The second-order valence-electron chi connectivity index (χ2n) is 5.07. The molecule has 0 spiro atoms. The molecule has 7 nitrogen and oxygen atoms in total. The monoisotopic (exact) mass is 310 g/mol. The first-order valence-corrected chi connectivity index (χ1v) is 8.05. The Labute approximate surface area is 131 Å². The number of aromatic nitrogens is 2. The lowest BCUT2D eigenvalue weighted by Crippen LogP contribution is -2.11. The Morgan fingerprint density at radius 2 is 1.91 bits per heavy atom. The van der Waals surface area contributed by atoms with Crippen LogP contribution < -0.4 is 10.1 Å². The summed E-state index contributed by atoms with van der Waals surface area (Å²) in [5.41, 5.74) is -0.169. The van der Waals surface area contributed by atoms with Crippen molar-refractivity contribution in [2.75, 3.05) is 18.5 Å². The van der Waals surface area contributed by atoms with Gasteiger partial charge in [0.1, 0.15) is 5.82 Å². The molecule has 0 unspecified atom stereocenters. The molecule has 0 bridgehead atoms. The van der Waals surface area contributed by atoms with Crippen LogP contribution in [0.1, 0.15) is 58.7 Å². The fraction of sp³-hybridized carbons (Fsp3) is 0.733. The third-order valence-corrected chi connectivity index (χ3v) is 3.16. The van der Waals surface area contributed by atoms with Crippen molar-refractivity contribution in [2.24, 2.45) is 0 Å². The lowest BCUT2D eigenvalue weighted by molar-refractivity contribution is -0.385. The van der Waals surface area contributed by atoms with Crippen LogP contribution in [0.2, 0.25) is 0 Å². The largest absolute Gasteiger partial charge is 0.473 e. The van der Waals surface area contributed by atoms with Gasteiger partial charge in [0.15, 0.2) is 0 Å². The average Bonchev–Trinajstić information content (AvgIpc) is 2.47. The molecule has 1 heterocycles. The van der Waals surface area contributed by atoms with Crippen LogP contribution in [0.25, 0.3) is 0 Å². The predicted molar refractivity (Wildman–Crippen MR) is 86.5 cm³/mol. The SMILES string of the molecule is CCCCCCNc1nc(CCC)nc(OCC)c1[N+](=O)[O-]. The third kappa shape index (κ3) is 5.46. The van der Waals surface area contributed by atoms with E-state index in [0.29, 0.717) is 25.4 Å². The first-order chi connectivity index (χ1) is 10.6. The molecule has 0 saturated heterocycles. The number of unbranched alkanes of at least 4 members (excludes halogenated alkanes) is 3. The van der Waals surface area contributed by atoms with Crippen LogP contribution in [0.3, 0.4) is 0 Å². The zero-order valence-corrected chi connectivity index (χ0v) is 13.7. The number of hydrogen-bond donors (Lipinski definition) is 1. The Hall–Kier alpha value is -1.92. The summed E-state index contributed by atoms with van der Waals surface area (Å²) in [6.07, 6.45) is 5.92. The summed E-state index contributed by atoms with van der Waals surface area (Å²) in [6, 6.07) is 0. The number of nitro groups is 1. The van der Waals surface area contributed by atoms with Gasteiger partial charge in [0.2, 0.25) is 5.82 Å². The zero-order valence-electron chi connectivity index (χ0n) is 13.7. The van der Waals surface area contributed by atoms with Crippen LogP contribution in [0.15, 0.2) is 0 Å². The highest BCUT2D eigenvalue weighted by Crippen LogP contribution is 2.32. The highest BCUT2D eigenvalue weighted by molar-refractivity contribution is 5.61. The molecule has 0 aliphatic rings. The van der Waals surface area contributed by atoms with Crippen LogP contribution in [0.5, 0.6) is 5.88 Å². The van der Waals surface area contributed by atoms with E-state index in [2.05, 4.69) is 22.2 Å². The van der Waals surface area contributed by atoms with E-state index >= 15 is 0 Å². The van der Waals surface area contributed by atoms with E-state index in [0.717, 1.165) is 25.7 Å². The van der Waals surface area contributed by atoms with Gasteiger partial charge in [-0.05, 0) is 19.8 Å². The van der Waals surface area contributed by atoms with E-state index in [9.17, 15) is 10.1 Å². The van der Waals surface area contributed by atoms with Crippen LogP contribution in [0.4, 0.5) is 11.5 Å². The summed E-state index contributed by atoms with van der Waals surface area (Å²) in [7, 11) is 0. The Morgan fingerprint density at radius 1 is 1.14 bits per heavy atom. The molecule has 1 aromatic heterocycles. The maximum Gasteiger partial charge on any atom is 0.372 e. The van der Waals surface area contributed by atoms with E-state index in [1.165, 1.54) is 6.42 Å². The van der Waals surface area contributed by atoms with Crippen molar-refractivity contribution in [2.45, 2.75) is 59.3 Å². The minimum Gasteiger partial charge on any atom is -0.473 e. The highest BCUT2D eigenvalue weighted by Gasteiger charge is 2.25. The van der Waals surface area contributed by atoms with Gasteiger partial charge in [-0.25, -0.2) is 4.98 Å². The molecule has 0 radical (unpaired) electrons. The Morgan fingerprint density at radius 3 is 2.50 bits per heavy atom. The van der Waals surface area contributed by atoms with Gasteiger partial charge >= 0.3 is 5.69 Å². The van der Waals surface area contributed by atoms with Crippen LogP contribution >= 0.6 is 0 Å². The van der Waals surface area contributed by atoms with Crippen LogP contribution in [-0.4, -0.2) is 28.0 Å². The van der Waals surface area contributed by atoms with Gasteiger partial charge in [0.25, 0.3) is 5.88 Å². The normalized spacial score (nSPS) is 10.5. The lowest BCUT2D eigenvalue weighted by Gasteiger charge is -2.11. The molecule has 0 amide bonds. The van der Waals surface area contributed by atoms with E-state index in [1.807, 2.05) is 6.92 Å². The molecular weight excluding hydrogens is 284 g/mol. The summed E-state index contributed by atoms with van der Waals surface area (Å²) in [5, 5.41) is 14.4. The summed E-state index contributed by atoms with van der Waals surface area (Å²) >= 11 is 0. The van der Waals surface area contributed by atoms with Gasteiger partial charge < -0.3 is 10.1 Å². The van der Waals surface area contributed by atoms with Crippen molar-refractivity contribution in [1.82, 2.24) is 9.97 Å². The van der Waals surface area contributed by atoms with Gasteiger partial charge in [-0.2, -0.15) is 4.98 Å². The van der Waals surface area contributed by atoms with Crippen molar-refractivity contribution in [1.29, 1.82) is 0 Å². The second-order valence-corrected chi connectivity index (χ2v) is 5.07. The molecule has 0 fully saturated rings. The second kappa shape index (κ2) is 9.92. The summed E-state index contributed by atoms with van der Waals surface area (Å²) in [4.78, 5) is 19.3. The molecule has 7 heteroatoms. The van der Waals surface area contributed by atoms with E-state index in [1.54, 1.807) is 6.92 Å². The van der Waals surface area contributed by atoms with Crippen LogP contribution in [0, 0.1) is 10.1 Å². The van der Waals surface area contributed by atoms with Crippen molar-refractivity contribution in [3.8, 4) is 5.88 Å². The number of hydrogen-bond acceptors (Lipinski definition) is 6. The molecule has 0 atom stereocenters. The maximum atomic E-state index is 11.3. The number of nitrogens with zero attached hydrogens (tertiary/aromatic N) is 3. The smallest absolute Gasteiger partial charge is 0.372 e. The van der Waals surface area contributed by atoms with Crippen molar-refractivity contribution in [3.05, 3.63) is 15.9 Å². The average molecular weight is 310 g/mol.